The topological polar surface area (TPSA) is 93.3 Å². The number of benzene rings is 2. The zero-order chi connectivity index (χ0) is 26.6. The fourth-order valence-electron chi connectivity index (χ4n) is 4.64. The van der Waals surface area contributed by atoms with E-state index in [9.17, 15) is 18.4 Å². The number of rotatable bonds is 6. The fourth-order valence-corrected chi connectivity index (χ4v) is 4.64. The predicted molar refractivity (Wildman–Crippen MR) is 139 cm³/mol. The average Bonchev–Trinajstić information content (AvgIpc) is 3.35. The molecule has 0 aliphatic heterocycles. The number of aromatic nitrogens is 4. The summed E-state index contributed by atoms with van der Waals surface area (Å²) in [6.45, 7) is 1.81. The summed E-state index contributed by atoms with van der Waals surface area (Å²) in [5.41, 5.74) is 4.30. The summed E-state index contributed by atoms with van der Waals surface area (Å²) in [7, 11) is 1.87. The second-order valence-electron chi connectivity index (χ2n) is 9.64. The maximum absolute atomic E-state index is 13.7. The number of nitrogens with one attached hydrogen (secondary N) is 2. The molecule has 2 aromatic carbocycles. The van der Waals surface area contributed by atoms with Crippen molar-refractivity contribution in [3.63, 3.8) is 0 Å². The lowest BCUT2D eigenvalue weighted by molar-refractivity contribution is -0.117. The van der Waals surface area contributed by atoms with Crippen LogP contribution in [0.3, 0.4) is 0 Å². The highest BCUT2D eigenvalue weighted by Gasteiger charge is 2.44. The van der Waals surface area contributed by atoms with Gasteiger partial charge in [-0.2, -0.15) is 4.98 Å². The number of pyridine rings is 1. The van der Waals surface area contributed by atoms with Crippen molar-refractivity contribution in [3.8, 4) is 11.1 Å². The molecule has 10 heteroatoms. The van der Waals surface area contributed by atoms with Gasteiger partial charge in [0.2, 0.25) is 11.9 Å². The van der Waals surface area contributed by atoms with Gasteiger partial charge < -0.3 is 9.88 Å². The summed E-state index contributed by atoms with van der Waals surface area (Å²) >= 11 is 0. The van der Waals surface area contributed by atoms with E-state index in [0.29, 0.717) is 16.8 Å². The first kappa shape index (κ1) is 23.8. The lowest BCUT2D eigenvalue weighted by Crippen LogP contribution is -2.26. The van der Waals surface area contributed by atoms with Crippen LogP contribution in [0.4, 0.5) is 14.7 Å². The minimum Gasteiger partial charge on any atom is -0.350 e. The van der Waals surface area contributed by atoms with Crippen LogP contribution in [0.2, 0.25) is 0 Å². The van der Waals surface area contributed by atoms with Crippen molar-refractivity contribution in [1.82, 2.24) is 24.5 Å². The van der Waals surface area contributed by atoms with Crippen LogP contribution in [0.1, 0.15) is 35.3 Å². The first-order valence-corrected chi connectivity index (χ1v) is 12.2. The summed E-state index contributed by atoms with van der Waals surface area (Å²) in [6, 6.07) is 15.3. The standard InChI is InChI=1S/C28H24F2N6O2/c1-15(16-4-3-5-19(29)10-16)31-27(38)22-14-35(2)24-7-6-17(11-20(22)24)18-8-9-36-25(12-18)32-28(34-36)33-26(37)21-13-23(21)30/h3-12,14-15,21,23H,13H2,1-2H3,(H,31,38)(H,33,34,37)/t15-,21-,23+/m0/s1. The van der Waals surface area contributed by atoms with Crippen LogP contribution in [0.25, 0.3) is 27.7 Å². The number of amides is 2. The Balaban J connectivity index is 1.28. The highest BCUT2D eigenvalue weighted by Crippen LogP contribution is 2.34. The Morgan fingerprint density at radius 3 is 2.66 bits per heavy atom. The van der Waals surface area contributed by atoms with Gasteiger partial charge in [0.25, 0.3) is 5.91 Å². The number of hydrogen-bond donors (Lipinski definition) is 2. The second-order valence-corrected chi connectivity index (χ2v) is 9.64. The number of alkyl halides is 1. The first-order chi connectivity index (χ1) is 18.3. The van der Waals surface area contributed by atoms with Gasteiger partial charge in [0.1, 0.15) is 12.0 Å². The van der Waals surface area contributed by atoms with E-state index in [1.54, 1.807) is 24.5 Å². The number of hydrogen-bond acceptors (Lipinski definition) is 4. The van der Waals surface area contributed by atoms with Crippen molar-refractivity contribution in [2.45, 2.75) is 25.6 Å². The Morgan fingerprint density at radius 2 is 1.89 bits per heavy atom. The molecule has 1 aliphatic carbocycles. The van der Waals surface area contributed by atoms with Crippen LogP contribution < -0.4 is 10.6 Å². The van der Waals surface area contributed by atoms with E-state index in [0.717, 1.165) is 22.0 Å². The third-order valence-electron chi connectivity index (χ3n) is 6.89. The number of anilines is 1. The molecule has 0 bridgehead atoms. The molecule has 0 unspecified atom stereocenters. The lowest BCUT2D eigenvalue weighted by Gasteiger charge is -2.14. The smallest absolute Gasteiger partial charge is 0.253 e. The van der Waals surface area contributed by atoms with Gasteiger partial charge in [0, 0.05) is 30.3 Å². The van der Waals surface area contributed by atoms with Crippen molar-refractivity contribution in [3.05, 3.63) is 83.9 Å². The van der Waals surface area contributed by atoms with Crippen molar-refractivity contribution in [2.24, 2.45) is 13.0 Å². The van der Waals surface area contributed by atoms with Gasteiger partial charge in [-0.25, -0.2) is 13.3 Å². The highest BCUT2D eigenvalue weighted by molar-refractivity contribution is 6.08. The fraction of sp³-hybridized carbons (Fsp3) is 0.214. The highest BCUT2D eigenvalue weighted by atomic mass is 19.1. The number of carbonyl (C=O) groups excluding carboxylic acids is 2. The molecule has 1 aliphatic rings. The van der Waals surface area contributed by atoms with Crippen LogP contribution in [0.15, 0.2) is 67.0 Å². The molecule has 5 aromatic rings. The summed E-state index contributed by atoms with van der Waals surface area (Å²) in [4.78, 5) is 29.6. The molecule has 3 aromatic heterocycles. The largest absolute Gasteiger partial charge is 0.350 e. The number of carbonyl (C=O) groups is 2. The second kappa shape index (κ2) is 9.05. The van der Waals surface area contributed by atoms with Gasteiger partial charge in [-0.15, -0.1) is 5.10 Å². The summed E-state index contributed by atoms with van der Waals surface area (Å²) < 4.78 is 30.2. The molecule has 0 radical (unpaired) electrons. The maximum atomic E-state index is 13.7. The zero-order valence-corrected chi connectivity index (χ0v) is 20.7. The van der Waals surface area contributed by atoms with Crippen LogP contribution in [-0.2, 0) is 11.8 Å². The van der Waals surface area contributed by atoms with Crippen LogP contribution >= 0.6 is 0 Å². The van der Waals surface area contributed by atoms with Crippen molar-refractivity contribution < 1.29 is 18.4 Å². The third-order valence-corrected chi connectivity index (χ3v) is 6.89. The summed E-state index contributed by atoms with van der Waals surface area (Å²) in [5, 5.41) is 10.5. The molecular formula is C28H24F2N6O2. The summed E-state index contributed by atoms with van der Waals surface area (Å²) in [5.74, 6) is -1.53. The Bertz CT molecular complexity index is 1730. The van der Waals surface area contributed by atoms with Crippen LogP contribution in [-0.4, -0.2) is 37.2 Å². The Labute approximate surface area is 216 Å². The molecule has 1 fully saturated rings. The Hall–Kier alpha value is -4.60. The minimum atomic E-state index is -1.09. The monoisotopic (exact) mass is 514 g/mol. The van der Waals surface area contributed by atoms with E-state index < -0.39 is 18.0 Å². The molecule has 2 N–H and O–H groups in total. The number of halogens is 2. The molecule has 3 atom stereocenters. The van der Waals surface area contributed by atoms with Gasteiger partial charge in [-0.1, -0.05) is 18.2 Å². The molecule has 1 saturated carbocycles. The lowest BCUT2D eigenvalue weighted by atomic mass is 10.0. The molecule has 8 nitrogen and oxygen atoms in total. The normalized spacial score (nSPS) is 17.5. The van der Waals surface area contributed by atoms with Crippen molar-refractivity contribution in [2.75, 3.05) is 5.32 Å². The molecule has 0 saturated heterocycles. The van der Waals surface area contributed by atoms with E-state index in [2.05, 4.69) is 20.7 Å². The van der Waals surface area contributed by atoms with Crippen LogP contribution in [0, 0.1) is 11.7 Å². The number of nitrogens with zero attached hydrogens (tertiary/aromatic N) is 4. The molecule has 2 amide bonds. The molecule has 0 spiro atoms. The van der Waals surface area contributed by atoms with Gasteiger partial charge in [0.15, 0.2) is 5.65 Å². The van der Waals surface area contributed by atoms with Gasteiger partial charge in [0.05, 0.1) is 17.5 Å². The number of aryl methyl sites for hydroxylation is 1. The average molecular weight is 515 g/mol. The maximum Gasteiger partial charge on any atom is 0.253 e. The van der Waals surface area contributed by atoms with Crippen LogP contribution in [0.5, 0.6) is 0 Å². The van der Waals surface area contributed by atoms with Crippen molar-refractivity contribution >= 4 is 34.3 Å². The molecule has 38 heavy (non-hydrogen) atoms. The van der Waals surface area contributed by atoms with E-state index in [1.165, 1.54) is 16.6 Å². The summed E-state index contributed by atoms with van der Waals surface area (Å²) in [6.07, 6.45) is 2.64. The quantitative estimate of drug-likeness (QED) is 0.340. The van der Waals surface area contributed by atoms with Crippen molar-refractivity contribution in [1.29, 1.82) is 0 Å². The van der Waals surface area contributed by atoms with E-state index in [1.807, 2.05) is 48.9 Å². The molecule has 3 heterocycles. The zero-order valence-electron chi connectivity index (χ0n) is 20.7. The first-order valence-electron chi connectivity index (χ1n) is 12.2. The van der Waals surface area contributed by atoms with E-state index >= 15 is 0 Å². The van der Waals surface area contributed by atoms with Gasteiger partial charge >= 0.3 is 0 Å². The minimum absolute atomic E-state index is 0.121. The molecule has 192 valence electrons. The van der Waals surface area contributed by atoms with Gasteiger partial charge in [-0.3, -0.25) is 14.9 Å². The molecule has 6 rings (SSSR count). The van der Waals surface area contributed by atoms with Gasteiger partial charge in [-0.05, 0) is 66.4 Å². The third kappa shape index (κ3) is 4.38. The number of fused-ring (bicyclic) bond motifs is 2. The van der Waals surface area contributed by atoms with E-state index in [-0.39, 0.29) is 30.1 Å². The predicted octanol–water partition coefficient (Wildman–Crippen LogP) is 4.81. The Kier molecular flexibility index (Phi) is 5.67. The van der Waals surface area contributed by atoms with E-state index in [4.69, 9.17) is 0 Å². The Morgan fingerprint density at radius 1 is 1.11 bits per heavy atom. The molecular weight excluding hydrogens is 490 g/mol. The SMILES string of the molecule is C[C@H](NC(=O)c1cn(C)c2ccc(-c3ccn4nc(NC(=O)[C@H]5C[C@H]5F)nc4c3)cc12)c1cccc(F)c1.